The molecule has 4 aliphatic rings. The quantitative estimate of drug-likeness (QED) is 0.134. The Morgan fingerprint density at radius 3 is 1.59 bits per heavy atom. The summed E-state index contributed by atoms with van der Waals surface area (Å²) in [4.78, 5) is 102. The molecule has 17 nitrogen and oxygen atoms in total. The second-order valence-corrected chi connectivity index (χ2v) is 20.0. The van der Waals surface area contributed by atoms with E-state index in [2.05, 4.69) is 26.1 Å². The van der Waals surface area contributed by atoms with Crippen LogP contribution < -0.4 is 21.7 Å². The zero-order chi connectivity index (χ0) is 51.5. The van der Waals surface area contributed by atoms with Crippen LogP contribution >= 0.6 is 0 Å². The highest BCUT2D eigenvalue weighted by molar-refractivity contribution is 5.97. The zero-order valence-corrected chi connectivity index (χ0v) is 40.3. The van der Waals surface area contributed by atoms with Gasteiger partial charge in [-0.25, -0.2) is 13.2 Å². The summed E-state index contributed by atoms with van der Waals surface area (Å²) < 4.78 is 84.6. The molecule has 6 amide bonds. The highest BCUT2D eigenvalue weighted by Gasteiger charge is 2.45. The van der Waals surface area contributed by atoms with Gasteiger partial charge in [0.05, 0.1) is 6.04 Å². The van der Waals surface area contributed by atoms with Crippen molar-refractivity contribution >= 4 is 41.2 Å². The average Bonchev–Trinajstić information content (AvgIpc) is 4.14. The monoisotopic (exact) mass is 994 g/mol. The van der Waals surface area contributed by atoms with Crippen LogP contribution in [0.5, 0.6) is 0 Å². The first-order valence-electron chi connectivity index (χ1n) is 24.1. The summed E-state index contributed by atoms with van der Waals surface area (Å²) >= 11 is 0. The van der Waals surface area contributed by atoms with Gasteiger partial charge >= 0.3 is 6.18 Å². The number of alkyl halides is 3. The molecule has 23 heteroatoms. The number of rotatable bonds is 17. The molecule has 2 aromatic rings. The van der Waals surface area contributed by atoms with Gasteiger partial charge in [-0.2, -0.15) is 13.2 Å². The minimum atomic E-state index is -4.77. The molecule has 0 saturated carbocycles. The predicted molar refractivity (Wildman–Crippen MR) is 239 cm³/mol. The molecule has 8 atom stereocenters. The van der Waals surface area contributed by atoms with Crippen LogP contribution in [0, 0.1) is 41.1 Å². The maximum absolute atomic E-state index is 15.0. The molecule has 0 bridgehead atoms. The molecule has 6 rings (SSSR count). The van der Waals surface area contributed by atoms with Crippen LogP contribution in [0.3, 0.4) is 0 Å². The largest absolute Gasteiger partial charge is 0.451 e. The Balaban J connectivity index is 1.13. The van der Waals surface area contributed by atoms with Crippen molar-refractivity contribution in [2.45, 2.75) is 161 Å². The Bertz CT molecular complexity index is 2310. The summed E-state index contributed by atoms with van der Waals surface area (Å²) in [5.74, 6) is -11.0. The van der Waals surface area contributed by atoms with Crippen LogP contribution in [-0.2, 0) is 59.1 Å². The van der Waals surface area contributed by atoms with E-state index >= 15 is 4.39 Å². The molecule has 70 heavy (non-hydrogen) atoms. The molecule has 8 unspecified atom stereocenters. The fraction of sp³-hybridized carbons (Fsp3) is 0.681. The Labute approximate surface area is 402 Å². The van der Waals surface area contributed by atoms with E-state index in [0.717, 1.165) is 4.57 Å². The molecule has 0 aliphatic carbocycles. The number of carbonyl (C=O) groups excluding carboxylic acids is 7. The van der Waals surface area contributed by atoms with Crippen LogP contribution in [0.2, 0.25) is 0 Å². The number of benzene rings is 1. The minimum Gasteiger partial charge on any atom is -0.351 e. The van der Waals surface area contributed by atoms with Crippen LogP contribution in [0.4, 0.5) is 26.3 Å². The standard InChI is InChI=1S/C47H64F6N10O7/c1-23(2)37(54)43(68)60-14-7-11-33(60)41(66)56-39(25(5)6)45(70)62-16-9-12-34(62)42(67)57-38(24(3)4)44(69)61-15-8-10-32(61)40(65)55-28(18-27-19-30(49)31(50)22-29(27)48)21-35(64)26-13-17-63-36(20-26)58-59-46(63)47(51,52)53/h19,22-26,28,32-34,37-39H,7-18,20-21,54H2,1-6H3,(H,55,65)(H,56,66)(H,57,67). The molecule has 1 aromatic heterocycles. The maximum atomic E-state index is 15.0. The predicted octanol–water partition coefficient (Wildman–Crippen LogP) is 3.20. The van der Waals surface area contributed by atoms with Crippen molar-refractivity contribution in [3.05, 3.63) is 46.8 Å². The Kier molecular flexibility index (Phi) is 17.1. The van der Waals surface area contributed by atoms with E-state index in [9.17, 15) is 55.5 Å². The van der Waals surface area contributed by atoms with Crippen LogP contribution in [0.15, 0.2) is 12.1 Å². The molecule has 386 valence electrons. The molecule has 5 heterocycles. The van der Waals surface area contributed by atoms with Gasteiger partial charge < -0.3 is 41.0 Å². The third-order valence-corrected chi connectivity index (χ3v) is 14.0. The summed E-state index contributed by atoms with van der Waals surface area (Å²) in [5.41, 5.74) is 5.77. The molecule has 4 aliphatic heterocycles. The first-order valence-corrected chi connectivity index (χ1v) is 24.1. The number of halogens is 6. The number of carbonyl (C=O) groups is 7. The molecule has 1 aromatic carbocycles. The fourth-order valence-corrected chi connectivity index (χ4v) is 9.95. The molecule has 3 saturated heterocycles. The SMILES string of the molecule is CC(C)C(N)C(=O)N1CCCC1C(=O)NC(C(=O)N1CCCC1C(=O)NC(C(=O)N1CCCC1C(=O)NC(CC(=O)C1CCn2c(nnc2C(F)(F)F)C1)Cc1cc(F)c(F)cc1F)C(C)C)C(C)C. The van der Waals surface area contributed by atoms with Crippen molar-refractivity contribution in [2.75, 3.05) is 19.6 Å². The van der Waals surface area contributed by atoms with E-state index in [1.807, 2.05) is 13.8 Å². The number of hydrogen-bond acceptors (Lipinski definition) is 10. The first-order chi connectivity index (χ1) is 32.9. The lowest BCUT2D eigenvalue weighted by molar-refractivity contribution is -0.148. The van der Waals surface area contributed by atoms with Gasteiger partial charge in [-0.1, -0.05) is 41.5 Å². The number of nitrogens with two attached hydrogens (primary N) is 1. The van der Waals surface area contributed by atoms with E-state index in [1.54, 1.807) is 27.7 Å². The Hall–Kier alpha value is -5.61. The lowest BCUT2D eigenvalue weighted by Gasteiger charge is -2.34. The molecule has 3 fully saturated rings. The van der Waals surface area contributed by atoms with Crippen molar-refractivity contribution in [3.63, 3.8) is 0 Å². The van der Waals surface area contributed by atoms with Gasteiger partial charge in [0.25, 0.3) is 0 Å². The van der Waals surface area contributed by atoms with Gasteiger partial charge in [-0.05, 0) is 80.8 Å². The Morgan fingerprint density at radius 1 is 0.643 bits per heavy atom. The van der Waals surface area contributed by atoms with Crippen molar-refractivity contribution in [1.29, 1.82) is 0 Å². The van der Waals surface area contributed by atoms with Crippen LogP contribution in [-0.4, -0.2) is 133 Å². The smallest absolute Gasteiger partial charge is 0.351 e. The van der Waals surface area contributed by atoms with E-state index < -0.39 is 138 Å². The number of fused-ring (bicyclic) bond motifs is 1. The normalized spacial score (nSPS) is 22.3. The molecular weight excluding hydrogens is 931 g/mol. The third kappa shape index (κ3) is 11.9. The van der Waals surface area contributed by atoms with Crippen molar-refractivity contribution in [1.82, 2.24) is 45.4 Å². The van der Waals surface area contributed by atoms with Gasteiger partial charge in [0.1, 0.15) is 47.6 Å². The van der Waals surface area contributed by atoms with Crippen LogP contribution in [0.1, 0.15) is 110 Å². The number of likely N-dealkylation sites (tertiary alicyclic amines) is 3. The summed E-state index contributed by atoms with van der Waals surface area (Å²) in [6.07, 6.45) is -3.77. The highest BCUT2D eigenvalue weighted by atomic mass is 19.4. The van der Waals surface area contributed by atoms with Crippen LogP contribution in [0.25, 0.3) is 0 Å². The van der Waals surface area contributed by atoms with Crippen molar-refractivity contribution < 1.29 is 59.9 Å². The van der Waals surface area contributed by atoms with Crippen molar-refractivity contribution in [3.8, 4) is 0 Å². The molecule has 0 radical (unpaired) electrons. The van der Waals surface area contributed by atoms with Gasteiger partial charge in [0.2, 0.25) is 41.3 Å². The number of amides is 6. The number of ketones is 1. The zero-order valence-electron chi connectivity index (χ0n) is 40.3. The fourth-order valence-electron chi connectivity index (χ4n) is 9.95. The maximum Gasteiger partial charge on any atom is 0.451 e. The number of aromatic nitrogens is 3. The number of hydrogen-bond donors (Lipinski definition) is 4. The summed E-state index contributed by atoms with van der Waals surface area (Å²) in [6.45, 7) is 10.9. The van der Waals surface area contributed by atoms with E-state index in [-0.39, 0.29) is 68.5 Å². The minimum absolute atomic E-state index is 0.0287. The third-order valence-electron chi connectivity index (χ3n) is 14.0. The summed E-state index contributed by atoms with van der Waals surface area (Å²) in [5, 5.41) is 15.2. The topological polar surface area (TPSA) is 222 Å². The average molecular weight is 995 g/mol. The van der Waals surface area contributed by atoms with E-state index in [0.29, 0.717) is 44.4 Å². The van der Waals surface area contributed by atoms with Gasteiger partial charge in [0, 0.05) is 57.0 Å². The molecule has 0 spiro atoms. The van der Waals surface area contributed by atoms with Gasteiger partial charge in [-0.15, -0.1) is 10.2 Å². The second-order valence-electron chi connectivity index (χ2n) is 20.0. The number of nitrogens with one attached hydrogen (secondary N) is 3. The van der Waals surface area contributed by atoms with Gasteiger partial charge in [0.15, 0.2) is 11.6 Å². The first kappa shape index (κ1) is 53.7. The lowest BCUT2D eigenvalue weighted by Crippen LogP contribution is -2.60. The molecular formula is C47H64F6N10O7. The highest BCUT2D eigenvalue weighted by Crippen LogP contribution is 2.33. The van der Waals surface area contributed by atoms with Gasteiger partial charge in [-0.3, -0.25) is 33.6 Å². The number of Topliss-reactive ketones (excluding diaryl/α,β-unsaturated/α-hetero) is 1. The second kappa shape index (κ2) is 22.2. The lowest BCUT2D eigenvalue weighted by atomic mass is 9.88. The number of nitrogens with zero attached hydrogens (tertiary/aromatic N) is 6. The van der Waals surface area contributed by atoms with E-state index in [4.69, 9.17) is 5.73 Å². The molecule has 5 N–H and O–H groups in total. The van der Waals surface area contributed by atoms with E-state index in [1.165, 1.54) is 14.7 Å². The summed E-state index contributed by atoms with van der Waals surface area (Å²) in [6, 6.07) is -6.29. The summed E-state index contributed by atoms with van der Waals surface area (Å²) in [7, 11) is 0. The van der Waals surface area contributed by atoms with Crippen molar-refractivity contribution in [2.24, 2.45) is 29.4 Å². The Morgan fingerprint density at radius 2 is 1.11 bits per heavy atom.